The smallest absolute Gasteiger partial charge is 0.191 e. The maximum atomic E-state index is 6.28. The van der Waals surface area contributed by atoms with E-state index in [4.69, 9.17) is 16.0 Å². The van der Waals surface area contributed by atoms with Crippen LogP contribution in [0.1, 0.15) is 17.7 Å². The SMILES string of the molecule is CN=C(NCc1oc2ccccc2c1C)NC1CCN(c2ncccc2Cl)C1.I. The molecule has 1 fully saturated rings. The van der Waals surface area contributed by atoms with E-state index in [-0.39, 0.29) is 30.0 Å². The van der Waals surface area contributed by atoms with E-state index in [2.05, 4.69) is 38.5 Å². The first-order valence-corrected chi connectivity index (χ1v) is 9.83. The fraction of sp³-hybridized carbons (Fsp3) is 0.333. The number of nitrogens with one attached hydrogen (secondary N) is 2. The zero-order valence-corrected chi connectivity index (χ0v) is 19.6. The number of fused-ring (bicyclic) bond motifs is 1. The van der Waals surface area contributed by atoms with E-state index in [1.54, 1.807) is 13.2 Å². The highest BCUT2D eigenvalue weighted by molar-refractivity contribution is 14.0. The number of hydrogen-bond donors (Lipinski definition) is 2. The molecule has 1 aliphatic rings. The monoisotopic (exact) mass is 525 g/mol. The lowest BCUT2D eigenvalue weighted by Gasteiger charge is -2.20. The van der Waals surface area contributed by atoms with Gasteiger partial charge in [0.2, 0.25) is 0 Å². The third kappa shape index (κ3) is 4.78. The lowest BCUT2D eigenvalue weighted by Crippen LogP contribution is -2.44. The van der Waals surface area contributed by atoms with Crippen molar-refractivity contribution in [2.24, 2.45) is 4.99 Å². The number of pyridine rings is 1. The lowest BCUT2D eigenvalue weighted by molar-refractivity contribution is 0.532. The van der Waals surface area contributed by atoms with Gasteiger partial charge in [0.05, 0.1) is 11.6 Å². The van der Waals surface area contributed by atoms with Gasteiger partial charge < -0.3 is 20.0 Å². The number of aliphatic imine (C=N–C) groups is 1. The van der Waals surface area contributed by atoms with Crippen LogP contribution in [0.4, 0.5) is 5.82 Å². The van der Waals surface area contributed by atoms with Crippen LogP contribution in [0.3, 0.4) is 0 Å². The number of rotatable bonds is 4. The van der Waals surface area contributed by atoms with Gasteiger partial charge in [0, 0.05) is 43.3 Å². The van der Waals surface area contributed by atoms with Gasteiger partial charge in [-0.1, -0.05) is 29.8 Å². The van der Waals surface area contributed by atoms with Gasteiger partial charge in [-0.05, 0) is 31.5 Å². The summed E-state index contributed by atoms with van der Waals surface area (Å²) >= 11 is 6.28. The number of anilines is 1. The van der Waals surface area contributed by atoms with Crippen molar-refractivity contribution in [3.8, 4) is 0 Å². The van der Waals surface area contributed by atoms with Gasteiger partial charge in [-0.2, -0.15) is 0 Å². The molecule has 2 aromatic heterocycles. The molecule has 1 saturated heterocycles. The fourth-order valence-corrected chi connectivity index (χ4v) is 3.87. The summed E-state index contributed by atoms with van der Waals surface area (Å²) in [6.45, 7) is 4.42. The molecule has 0 bridgehead atoms. The van der Waals surface area contributed by atoms with Crippen molar-refractivity contribution in [2.75, 3.05) is 25.0 Å². The Hall–Kier alpha value is -2.00. The normalized spacial score (nSPS) is 16.7. The Kier molecular flexibility index (Phi) is 7.23. The van der Waals surface area contributed by atoms with Crippen LogP contribution in [0.25, 0.3) is 11.0 Å². The zero-order chi connectivity index (χ0) is 19.5. The average Bonchev–Trinajstić information content (AvgIpc) is 3.30. The summed E-state index contributed by atoms with van der Waals surface area (Å²) < 4.78 is 5.98. The van der Waals surface area contributed by atoms with Crippen molar-refractivity contribution in [3.63, 3.8) is 0 Å². The zero-order valence-electron chi connectivity index (χ0n) is 16.5. The first kappa shape index (κ1) is 21.7. The fourth-order valence-electron chi connectivity index (χ4n) is 3.63. The molecule has 3 heterocycles. The minimum atomic E-state index is 0. The molecule has 0 aliphatic carbocycles. The van der Waals surface area contributed by atoms with Gasteiger partial charge in [0.25, 0.3) is 0 Å². The van der Waals surface area contributed by atoms with E-state index < -0.39 is 0 Å². The Balaban J connectivity index is 0.00000240. The molecule has 0 radical (unpaired) electrons. The molecule has 6 nitrogen and oxygen atoms in total. The minimum Gasteiger partial charge on any atom is -0.459 e. The Morgan fingerprint density at radius 1 is 1.31 bits per heavy atom. The second kappa shape index (κ2) is 9.67. The molecule has 1 aliphatic heterocycles. The first-order valence-electron chi connectivity index (χ1n) is 9.45. The maximum Gasteiger partial charge on any atom is 0.191 e. The Bertz CT molecular complexity index is 1010. The van der Waals surface area contributed by atoms with Crippen LogP contribution in [-0.2, 0) is 6.54 Å². The van der Waals surface area contributed by atoms with Crippen LogP contribution >= 0.6 is 35.6 Å². The van der Waals surface area contributed by atoms with E-state index in [1.165, 1.54) is 0 Å². The summed E-state index contributed by atoms with van der Waals surface area (Å²) in [5.74, 6) is 2.53. The highest BCUT2D eigenvalue weighted by atomic mass is 127. The van der Waals surface area contributed by atoms with Crippen LogP contribution < -0.4 is 15.5 Å². The molecule has 0 saturated carbocycles. The summed E-state index contributed by atoms with van der Waals surface area (Å²) in [4.78, 5) is 11.0. The van der Waals surface area contributed by atoms with Crippen LogP contribution in [0, 0.1) is 6.92 Å². The number of aryl methyl sites for hydroxylation is 1. The second-order valence-electron chi connectivity index (χ2n) is 6.96. The van der Waals surface area contributed by atoms with Gasteiger partial charge in [-0.3, -0.25) is 4.99 Å². The van der Waals surface area contributed by atoms with Crippen LogP contribution in [-0.4, -0.2) is 37.1 Å². The van der Waals surface area contributed by atoms with Crippen LogP contribution in [0.15, 0.2) is 52.0 Å². The van der Waals surface area contributed by atoms with Crippen molar-refractivity contribution in [2.45, 2.75) is 25.9 Å². The van der Waals surface area contributed by atoms with Crippen molar-refractivity contribution in [1.82, 2.24) is 15.6 Å². The first-order chi connectivity index (χ1) is 13.7. The van der Waals surface area contributed by atoms with Gasteiger partial charge in [-0.15, -0.1) is 24.0 Å². The highest BCUT2D eigenvalue weighted by Crippen LogP contribution is 2.26. The van der Waals surface area contributed by atoms with E-state index >= 15 is 0 Å². The maximum absolute atomic E-state index is 6.28. The third-order valence-corrected chi connectivity index (χ3v) is 5.45. The standard InChI is InChI=1S/C21H24ClN5O.HI/c1-14-16-6-3-4-8-18(16)28-19(14)12-25-21(23-2)26-15-9-11-27(13-15)20-17(22)7-5-10-24-20;/h3-8,10,15H,9,11-13H2,1-2H3,(H2,23,25,26);1H. The summed E-state index contributed by atoms with van der Waals surface area (Å²) in [7, 11) is 1.78. The summed E-state index contributed by atoms with van der Waals surface area (Å²) in [5, 5.41) is 8.70. The largest absolute Gasteiger partial charge is 0.459 e. The summed E-state index contributed by atoms with van der Waals surface area (Å²) in [6, 6.07) is 12.1. The molecule has 4 rings (SSSR count). The number of guanidine groups is 1. The molecule has 0 spiro atoms. The van der Waals surface area contributed by atoms with E-state index in [0.29, 0.717) is 11.6 Å². The van der Waals surface area contributed by atoms with E-state index in [1.807, 2.05) is 30.3 Å². The van der Waals surface area contributed by atoms with Crippen molar-refractivity contribution >= 4 is 58.3 Å². The predicted molar refractivity (Wildman–Crippen MR) is 130 cm³/mol. The summed E-state index contributed by atoms with van der Waals surface area (Å²) in [6.07, 6.45) is 2.77. The van der Waals surface area contributed by atoms with Gasteiger partial charge in [0.15, 0.2) is 5.96 Å². The van der Waals surface area contributed by atoms with E-state index in [0.717, 1.165) is 53.6 Å². The van der Waals surface area contributed by atoms with Crippen molar-refractivity contribution in [1.29, 1.82) is 0 Å². The van der Waals surface area contributed by atoms with Gasteiger partial charge in [-0.25, -0.2) is 4.98 Å². The topological polar surface area (TPSA) is 65.7 Å². The molecule has 8 heteroatoms. The molecule has 1 aromatic carbocycles. The Morgan fingerprint density at radius 3 is 2.90 bits per heavy atom. The van der Waals surface area contributed by atoms with Gasteiger partial charge in [0.1, 0.15) is 17.2 Å². The molecule has 29 heavy (non-hydrogen) atoms. The molecule has 3 aromatic rings. The Morgan fingerprint density at radius 2 is 2.14 bits per heavy atom. The molecular weight excluding hydrogens is 501 g/mol. The minimum absolute atomic E-state index is 0. The Labute approximate surface area is 192 Å². The third-order valence-electron chi connectivity index (χ3n) is 5.15. The number of aromatic nitrogens is 1. The molecular formula is C21H25ClIN5O. The van der Waals surface area contributed by atoms with Crippen molar-refractivity contribution < 1.29 is 4.42 Å². The number of nitrogens with zero attached hydrogens (tertiary/aromatic N) is 3. The average molecular weight is 526 g/mol. The van der Waals surface area contributed by atoms with Crippen LogP contribution in [0.2, 0.25) is 5.02 Å². The molecule has 2 N–H and O–H groups in total. The summed E-state index contributed by atoms with van der Waals surface area (Å²) in [5.41, 5.74) is 2.08. The number of hydrogen-bond acceptors (Lipinski definition) is 4. The quantitative estimate of drug-likeness (QED) is 0.301. The van der Waals surface area contributed by atoms with Crippen LogP contribution in [0.5, 0.6) is 0 Å². The number of furan rings is 1. The number of para-hydroxylation sites is 1. The number of halogens is 2. The molecule has 0 amide bonds. The lowest BCUT2D eigenvalue weighted by atomic mass is 10.1. The van der Waals surface area contributed by atoms with Gasteiger partial charge >= 0.3 is 0 Å². The number of benzene rings is 1. The molecule has 1 unspecified atom stereocenters. The second-order valence-corrected chi connectivity index (χ2v) is 7.36. The predicted octanol–water partition coefficient (Wildman–Crippen LogP) is 4.35. The van der Waals surface area contributed by atoms with Crippen molar-refractivity contribution in [3.05, 3.63) is 58.9 Å². The molecule has 154 valence electrons. The highest BCUT2D eigenvalue weighted by Gasteiger charge is 2.25. The molecule has 1 atom stereocenters. The van der Waals surface area contributed by atoms with E-state index in [9.17, 15) is 0 Å².